The fraction of sp³-hybridized carbons (Fsp3) is 0.125. The van der Waals surface area contributed by atoms with Crippen molar-refractivity contribution in [3.8, 4) is 11.5 Å². The van der Waals surface area contributed by atoms with Gasteiger partial charge in [-0.3, -0.25) is 0 Å². The number of nitrogen functional groups attached to an aromatic ring is 1. The minimum atomic E-state index is -0.435. The zero-order chi connectivity index (χ0) is 14.0. The van der Waals surface area contributed by atoms with E-state index < -0.39 is 5.41 Å². The standard InChI is InChI=1S/C16H17NO2/c1-3-16(2,11-4-7-13(18)8-5-11)12-6-9-15(19)14(17)10-12/h3-10,18-19H,1,17H2,2H3. The Labute approximate surface area is 112 Å². The summed E-state index contributed by atoms with van der Waals surface area (Å²) in [5.41, 5.74) is 7.58. The number of hydrogen-bond acceptors (Lipinski definition) is 3. The van der Waals surface area contributed by atoms with Gasteiger partial charge in [0, 0.05) is 5.41 Å². The van der Waals surface area contributed by atoms with Crippen LogP contribution < -0.4 is 5.73 Å². The number of benzene rings is 2. The van der Waals surface area contributed by atoms with Crippen molar-refractivity contribution in [3.05, 3.63) is 66.2 Å². The maximum Gasteiger partial charge on any atom is 0.138 e. The van der Waals surface area contributed by atoms with E-state index in [1.165, 1.54) is 0 Å². The molecule has 4 N–H and O–H groups in total. The fourth-order valence-corrected chi connectivity index (χ4v) is 2.09. The summed E-state index contributed by atoms with van der Waals surface area (Å²) in [6, 6.07) is 12.1. The van der Waals surface area contributed by atoms with Crippen molar-refractivity contribution < 1.29 is 10.2 Å². The van der Waals surface area contributed by atoms with Gasteiger partial charge in [0.15, 0.2) is 0 Å². The van der Waals surface area contributed by atoms with Crippen LogP contribution in [0.2, 0.25) is 0 Å². The highest BCUT2D eigenvalue weighted by atomic mass is 16.3. The van der Waals surface area contributed by atoms with Crippen LogP contribution in [0.15, 0.2) is 55.1 Å². The van der Waals surface area contributed by atoms with Gasteiger partial charge in [0.25, 0.3) is 0 Å². The average Bonchev–Trinajstić information content (AvgIpc) is 2.42. The van der Waals surface area contributed by atoms with E-state index in [0.29, 0.717) is 5.69 Å². The van der Waals surface area contributed by atoms with Crippen molar-refractivity contribution in [2.45, 2.75) is 12.3 Å². The number of aromatic hydroxyl groups is 2. The largest absolute Gasteiger partial charge is 0.508 e. The topological polar surface area (TPSA) is 66.5 Å². The molecule has 0 aliphatic carbocycles. The first-order valence-electron chi connectivity index (χ1n) is 5.99. The van der Waals surface area contributed by atoms with Gasteiger partial charge < -0.3 is 15.9 Å². The van der Waals surface area contributed by atoms with Crippen LogP contribution in [0.25, 0.3) is 0 Å². The molecule has 0 radical (unpaired) electrons. The minimum Gasteiger partial charge on any atom is -0.508 e. The van der Waals surface area contributed by atoms with Gasteiger partial charge in [-0.1, -0.05) is 24.3 Å². The van der Waals surface area contributed by atoms with Crippen LogP contribution in [0, 0.1) is 0 Å². The van der Waals surface area contributed by atoms with Crippen LogP contribution in [0.5, 0.6) is 11.5 Å². The molecule has 0 fully saturated rings. The van der Waals surface area contributed by atoms with Crippen LogP contribution in [-0.4, -0.2) is 10.2 Å². The smallest absolute Gasteiger partial charge is 0.138 e. The maximum atomic E-state index is 9.51. The Balaban J connectivity index is 2.55. The molecule has 2 aromatic carbocycles. The SMILES string of the molecule is C=CC(C)(c1ccc(O)cc1)c1ccc(O)c(N)c1. The summed E-state index contributed by atoms with van der Waals surface area (Å²) < 4.78 is 0. The van der Waals surface area contributed by atoms with E-state index in [9.17, 15) is 10.2 Å². The monoisotopic (exact) mass is 255 g/mol. The van der Waals surface area contributed by atoms with Gasteiger partial charge in [0.05, 0.1) is 5.69 Å². The molecule has 0 spiro atoms. The molecule has 0 aromatic heterocycles. The summed E-state index contributed by atoms with van der Waals surface area (Å²) in [6.45, 7) is 5.91. The first-order valence-corrected chi connectivity index (χ1v) is 5.99. The minimum absolute atomic E-state index is 0.0702. The third-order valence-electron chi connectivity index (χ3n) is 3.50. The molecule has 3 nitrogen and oxygen atoms in total. The van der Waals surface area contributed by atoms with Gasteiger partial charge in [0.1, 0.15) is 11.5 Å². The molecule has 0 aliphatic heterocycles. The van der Waals surface area contributed by atoms with E-state index in [1.807, 2.05) is 31.2 Å². The molecule has 1 unspecified atom stereocenters. The summed E-state index contributed by atoms with van der Waals surface area (Å²) >= 11 is 0. The highest BCUT2D eigenvalue weighted by molar-refractivity contribution is 5.57. The highest BCUT2D eigenvalue weighted by Crippen LogP contribution is 2.36. The predicted octanol–water partition coefficient (Wildman–Crippen LogP) is 3.17. The lowest BCUT2D eigenvalue weighted by Gasteiger charge is -2.27. The number of rotatable bonds is 3. The van der Waals surface area contributed by atoms with Crippen LogP contribution in [0.3, 0.4) is 0 Å². The van der Waals surface area contributed by atoms with Gasteiger partial charge in [0.2, 0.25) is 0 Å². The van der Waals surface area contributed by atoms with Gasteiger partial charge in [-0.05, 0) is 42.3 Å². The van der Waals surface area contributed by atoms with E-state index in [2.05, 4.69) is 6.58 Å². The second kappa shape index (κ2) is 4.69. The molecule has 2 rings (SSSR count). The van der Waals surface area contributed by atoms with Crippen molar-refractivity contribution in [1.82, 2.24) is 0 Å². The molecule has 19 heavy (non-hydrogen) atoms. The number of hydrogen-bond donors (Lipinski definition) is 3. The average molecular weight is 255 g/mol. The number of nitrogens with two attached hydrogens (primary N) is 1. The summed E-state index contributed by atoms with van der Waals surface area (Å²) in [4.78, 5) is 0. The van der Waals surface area contributed by atoms with Gasteiger partial charge in [-0.15, -0.1) is 6.58 Å². The lowest BCUT2D eigenvalue weighted by molar-refractivity contribution is 0.474. The Morgan fingerprint density at radius 2 is 1.63 bits per heavy atom. The zero-order valence-corrected chi connectivity index (χ0v) is 10.8. The maximum absolute atomic E-state index is 9.51. The van der Waals surface area contributed by atoms with Crippen molar-refractivity contribution in [3.63, 3.8) is 0 Å². The molecule has 98 valence electrons. The summed E-state index contributed by atoms with van der Waals surface area (Å²) in [7, 11) is 0. The number of anilines is 1. The van der Waals surface area contributed by atoms with Gasteiger partial charge in [-0.25, -0.2) is 0 Å². The molecule has 0 saturated carbocycles. The lowest BCUT2D eigenvalue weighted by Crippen LogP contribution is -2.20. The third kappa shape index (κ3) is 2.27. The summed E-state index contributed by atoms with van der Waals surface area (Å²) in [6.07, 6.45) is 1.82. The van der Waals surface area contributed by atoms with E-state index in [-0.39, 0.29) is 11.5 Å². The van der Waals surface area contributed by atoms with Crippen molar-refractivity contribution >= 4 is 5.69 Å². The van der Waals surface area contributed by atoms with E-state index in [0.717, 1.165) is 11.1 Å². The van der Waals surface area contributed by atoms with Crippen molar-refractivity contribution in [2.75, 3.05) is 5.73 Å². The molecule has 0 aliphatic rings. The van der Waals surface area contributed by atoms with Gasteiger partial charge in [-0.2, -0.15) is 0 Å². The van der Waals surface area contributed by atoms with Crippen molar-refractivity contribution in [2.24, 2.45) is 0 Å². The Bertz CT molecular complexity index is 605. The molecule has 3 heteroatoms. The summed E-state index contributed by atoms with van der Waals surface area (Å²) in [5.74, 6) is 0.293. The number of allylic oxidation sites excluding steroid dienone is 1. The molecule has 0 heterocycles. The second-order valence-corrected chi connectivity index (χ2v) is 4.73. The first kappa shape index (κ1) is 13.0. The molecular weight excluding hydrogens is 238 g/mol. The lowest BCUT2D eigenvalue weighted by atomic mass is 9.76. The molecule has 0 saturated heterocycles. The van der Waals surface area contributed by atoms with Gasteiger partial charge >= 0.3 is 0 Å². The van der Waals surface area contributed by atoms with E-state index in [1.54, 1.807) is 24.3 Å². The highest BCUT2D eigenvalue weighted by Gasteiger charge is 2.25. The molecule has 0 amide bonds. The predicted molar refractivity (Wildman–Crippen MR) is 77.3 cm³/mol. The van der Waals surface area contributed by atoms with Crippen LogP contribution >= 0.6 is 0 Å². The molecular formula is C16H17NO2. The van der Waals surface area contributed by atoms with E-state index in [4.69, 9.17) is 5.73 Å². The molecule has 1 atom stereocenters. The fourth-order valence-electron chi connectivity index (χ4n) is 2.09. The molecule has 2 aromatic rings. The third-order valence-corrected chi connectivity index (χ3v) is 3.50. The zero-order valence-electron chi connectivity index (χ0n) is 10.8. The Kier molecular flexibility index (Phi) is 3.21. The van der Waals surface area contributed by atoms with E-state index >= 15 is 0 Å². The molecule has 0 bridgehead atoms. The Morgan fingerprint density at radius 3 is 2.16 bits per heavy atom. The van der Waals surface area contributed by atoms with Crippen LogP contribution in [0.1, 0.15) is 18.1 Å². The second-order valence-electron chi connectivity index (χ2n) is 4.73. The first-order chi connectivity index (χ1) is 8.97. The number of phenols is 2. The van der Waals surface area contributed by atoms with Crippen molar-refractivity contribution in [1.29, 1.82) is 0 Å². The quantitative estimate of drug-likeness (QED) is 0.448. The normalized spacial score (nSPS) is 13.7. The summed E-state index contributed by atoms with van der Waals surface area (Å²) in [5, 5.41) is 18.9. The Hall–Kier alpha value is -2.42. The van der Waals surface area contributed by atoms with Crippen LogP contribution in [-0.2, 0) is 5.41 Å². The number of phenolic OH excluding ortho intramolecular Hbond substituents is 2. The van der Waals surface area contributed by atoms with Crippen LogP contribution in [0.4, 0.5) is 5.69 Å². The Morgan fingerprint density at radius 1 is 1.05 bits per heavy atom.